The fourth-order valence-corrected chi connectivity index (χ4v) is 4.40. The summed E-state index contributed by atoms with van der Waals surface area (Å²) in [5, 5.41) is 3.88. The molecule has 0 N–H and O–H groups in total. The van der Waals surface area contributed by atoms with E-state index in [4.69, 9.17) is 4.84 Å². The van der Waals surface area contributed by atoms with Crippen LogP contribution in [0.1, 0.15) is 19.4 Å². The van der Waals surface area contributed by atoms with E-state index in [2.05, 4.69) is 19.0 Å². The summed E-state index contributed by atoms with van der Waals surface area (Å²) in [5.74, 6) is -0.417. The van der Waals surface area contributed by atoms with E-state index in [-0.39, 0.29) is 0 Å². The van der Waals surface area contributed by atoms with Crippen LogP contribution in [-0.2, 0) is 9.63 Å². The zero-order valence-corrected chi connectivity index (χ0v) is 14.4. The monoisotopic (exact) mass is 341 g/mol. The van der Waals surface area contributed by atoms with Gasteiger partial charge in [-0.1, -0.05) is 71.2 Å². The lowest BCUT2D eigenvalue weighted by molar-refractivity contribution is -0.136. The van der Waals surface area contributed by atoms with Crippen LogP contribution in [-0.4, -0.2) is 11.7 Å². The predicted molar refractivity (Wildman–Crippen MR) is 97.9 cm³/mol. The molecule has 0 fully saturated rings. The van der Waals surface area contributed by atoms with Crippen molar-refractivity contribution in [2.75, 3.05) is 0 Å². The third-order valence-electron chi connectivity index (χ3n) is 3.35. The van der Waals surface area contributed by atoms with Gasteiger partial charge < -0.3 is 4.84 Å². The van der Waals surface area contributed by atoms with Gasteiger partial charge in [0, 0.05) is 9.80 Å². The SMILES string of the molecule is CC1=C(C)SC(=C/C=C/C=C2\C(=O)ON=C2c2ccccc2)S1. The first kappa shape index (κ1) is 15.9. The summed E-state index contributed by atoms with van der Waals surface area (Å²) in [6.45, 7) is 4.24. The molecule has 1 aromatic rings. The second-order valence-electron chi connectivity index (χ2n) is 4.95. The van der Waals surface area contributed by atoms with Crippen molar-refractivity contribution in [3.63, 3.8) is 0 Å². The second kappa shape index (κ2) is 7.06. The number of carbonyl (C=O) groups is 1. The van der Waals surface area contributed by atoms with Crippen LogP contribution in [0.3, 0.4) is 0 Å². The summed E-state index contributed by atoms with van der Waals surface area (Å²) in [5.41, 5.74) is 1.92. The third-order valence-corrected chi connectivity index (χ3v) is 5.88. The maximum absolute atomic E-state index is 11.8. The molecule has 0 spiro atoms. The van der Waals surface area contributed by atoms with Crippen LogP contribution in [0.25, 0.3) is 0 Å². The van der Waals surface area contributed by atoms with E-state index in [1.165, 1.54) is 14.0 Å². The van der Waals surface area contributed by atoms with Crippen molar-refractivity contribution in [3.8, 4) is 0 Å². The Balaban J connectivity index is 1.74. The van der Waals surface area contributed by atoms with E-state index in [0.29, 0.717) is 11.3 Å². The highest BCUT2D eigenvalue weighted by Crippen LogP contribution is 2.48. The van der Waals surface area contributed by atoms with Gasteiger partial charge in [0.15, 0.2) is 0 Å². The van der Waals surface area contributed by atoms with Gasteiger partial charge in [-0.15, -0.1) is 0 Å². The van der Waals surface area contributed by atoms with Crippen LogP contribution in [0.15, 0.2) is 79.4 Å². The summed E-state index contributed by atoms with van der Waals surface area (Å²) in [6.07, 6.45) is 7.57. The number of hydrogen-bond donors (Lipinski definition) is 0. The van der Waals surface area contributed by atoms with Gasteiger partial charge in [0.1, 0.15) is 5.71 Å². The fourth-order valence-electron chi connectivity index (χ4n) is 2.05. The van der Waals surface area contributed by atoms with Crippen LogP contribution in [0.5, 0.6) is 0 Å². The van der Waals surface area contributed by atoms with Gasteiger partial charge in [-0.2, -0.15) is 0 Å². The number of carbonyl (C=O) groups excluding carboxylic acids is 1. The quantitative estimate of drug-likeness (QED) is 0.573. The van der Waals surface area contributed by atoms with Crippen LogP contribution >= 0.6 is 23.5 Å². The third kappa shape index (κ3) is 3.68. The highest BCUT2D eigenvalue weighted by molar-refractivity contribution is 8.28. The molecule has 0 aliphatic carbocycles. The minimum Gasteiger partial charge on any atom is -0.312 e. The van der Waals surface area contributed by atoms with Crippen molar-refractivity contribution in [3.05, 3.63) is 79.8 Å². The van der Waals surface area contributed by atoms with Crippen molar-refractivity contribution < 1.29 is 9.63 Å². The van der Waals surface area contributed by atoms with Crippen LogP contribution in [0.2, 0.25) is 0 Å². The maximum atomic E-state index is 11.8. The van der Waals surface area contributed by atoms with Crippen molar-refractivity contribution in [2.24, 2.45) is 5.16 Å². The Morgan fingerprint density at radius 2 is 1.65 bits per heavy atom. The van der Waals surface area contributed by atoms with Crippen LogP contribution in [0.4, 0.5) is 0 Å². The number of oxime groups is 1. The van der Waals surface area contributed by atoms with E-state index < -0.39 is 5.97 Å². The van der Waals surface area contributed by atoms with Crippen molar-refractivity contribution in [1.29, 1.82) is 0 Å². The van der Waals surface area contributed by atoms with Crippen LogP contribution in [0, 0.1) is 0 Å². The normalized spacial score (nSPS) is 19.7. The first-order chi connectivity index (χ1) is 11.1. The molecule has 2 aliphatic rings. The molecule has 0 saturated heterocycles. The zero-order chi connectivity index (χ0) is 16.2. The molecule has 1 aromatic carbocycles. The lowest BCUT2D eigenvalue weighted by Gasteiger charge is -1.98. The van der Waals surface area contributed by atoms with Crippen molar-refractivity contribution in [2.45, 2.75) is 13.8 Å². The molecule has 0 unspecified atom stereocenters. The van der Waals surface area contributed by atoms with E-state index in [9.17, 15) is 4.79 Å². The molecule has 2 aliphatic heterocycles. The molecule has 0 amide bonds. The summed E-state index contributed by atoms with van der Waals surface area (Å²) < 4.78 is 1.24. The first-order valence-corrected chi connectivity index (χ1v) is 8.75. The molecule has 5 heteroatoms. The van der Waals surface area contributed by atoms with Gasteiger partial charge in [0.25, 0.3) is 0 Å². The molecular formula is C18H15NO2S2. The fraction of sp³-hybridized carbons (Fsp3) is 0.111. The molecule has 0 radical (unpaired) electrons. The number of hydrogen-bond acceptors (Lipinski definition) is 5. The summed E-state index contributed by atoms with van der Waals surface area (Å²) in [7, 11) is 0. The Labute approximate surface area is 143 Å². The van der Waals surface area contributed by atoms with E-state index >= 15 is 0 Å². The Bertz CT molecular complexity index is 770. The Morgan fingerprint density at radius 3 is 2.35 bits per heavy atom. The molecule has 0 aromatic heterocycles. The van der Waals surface area contributed by atoms with Gasteiger partial charge in [0.2, 0.25) is 0 Å². The number of rotatable bonds is 3. The second-order valence-corrected chi connectivity index (χ2v) is 7.72. The predicted octanol–water partition coefficient (Wildman–Crippen LogP) is 5.00. The highest BCUT2D eigenvalue weighted by Gasteiger charge is 2.25. The average Bonchev–Trinajstić information content (AvgIpc) is 3.08. The minimum absolute atomic E-state index is 0.417. The molecule has 0 atom stereocenters. The molecule has 3 rings (SSSR count). The number of allylic oxidation sites excluding steroid dienone is 6. The van der Waals surface area contributed by atoms with Gasteiger partial charge >= 0.3 is 5.97 Å². The van der Waals surface area contributed by atoms with E-state index in [1.807, 2.05) is 48.6 Å². The smallest absolute Gasteiger partial charge is 0.312 e. The average molecular weight is 341 g/mol. The van der Waals surface area contributed by atoms with E-state index in [0.717, 1.165) is 5.56 Å². The standard InChI is InChI=1S/C18H15NO2S2/c1-12-13(2)23-16(22-12)11-7-6-10-15-17(19-21-18(15)20)14-8-4-3-5-9-14/h3-11H,1-2H3/b7-6+,15-10-. The summed E-state index contributed by atoms with van der Waals surface area (Å²) in [6, 6.07) is 9.55. The molecule has 116 valence electrons. The number of thioether (sulfide) groups is 2. The molecule has 23 heavy (non-hydrogen) atoms. The molecule has 0 saturated carbocycles. The Kier molecular flexibility index (Phi) is 4.88. The topological polar surface area (TPSA) is 38.7 Å². The van der Waals surface area contributed by atoms with Gasteiger partial charge in [0.05, 0.1) is 5.57 Å². The molecule has 2 heterocycles. The van der Waals surface area contributed by atoms with Gasteiger partial charge in [-0.05, 0) is 35.8 Å². The lowest BCUT2D eigenvalue weighted by Crippen LogP contribution is -2.06. The number of nitrogens with zero attached hydrogens (tertiary/aromatic N) is 1. The number of benzene rings is 1. The molecule has 3 nitrogen and oxygen atoms in total. The Morgan fingerprint density at radius 1 is 1.00 bits per heavy atom. The van der Waals surface area contributed by atoms with Crippen LogP contribution < -0.4 is 0 Å². The van der Waals surface area contributed by atoms with Crippen molar-refractivity contribution in [1.82, 2.24) is 0 Å². The molecule has 0 bridgehead atoms. The van der Waals surface area contributed by atoms with Gasteiger partial charge in [-0.25, -0.2) is 4.79 Å². The lowest BCUT2D eigenvalue weighted by atomic mass is 10.0. The summed E-state index contributed by atoms with van der Waals surface area (Å²) in [4.78, 5) is 19.3. The highest BCUT2D eigenvalue weighted by atomic mass is 32.2. The zero-order valence-electron chi connectivity index (χ0n) is 12.8. The summed E-state index contributed by atoms with van der Waals surface area (Å²) >= 11 is 3.54. The maximum Gasteiger partial charge on any atom is 0.368 e. The van der Waals surface area contributed by atoms with Gasteiger partial charge in [-0.3, -0.25) is 0 Å². The van der Waals surface area contributed by atoms with Crippen molar-refractivity contribution >= 4 is 35.2 Å². The minimum atomic E-state index is -0.417. The first-order valence-electron chi connectivity index (χ1n) is 7.12. The largest absolute Gasteiger partial charge is 0.368 e. The van der Waals surface area contributed by atoms with E-state index in [1.54, 1.807) is 29.6 Å². The molecular weight excluding hydrogens is 326 g/mol. The Hall–Kier alpha value is -1.98.